The van der Waals surface area contributed by atoms with Gasteiger partial charge in [-0.25, -0.2) is 19.4 Å². The molecule has 0 atom stereocenters. The molecule has 3 heterocycles. The summed E-state index contributed by atoms with van der Waals surface area (Å²) in [5, 5.41) is 11.3. The molecule has 0 spiro atoms. The number of aryl methyl sites for hydroxylation is 1. The third-order valence-electron chi connectivity index (χ3n) is 4.79. The second-order valence-corrected chi connectivity index (χ2v) is 6.41. The van der Waals surface area contributed by atoms with Crippen molar-refractivity contribution in [1.82, 2.24) is 29.9 Å². The summed E-state index contributed by atoms with van der Waals surface area (Å²) < 4.78 is 6.88. The van der Waals surface area contributed by atoms with Crippen molar-refractivity contribution in [2.24, 2.45) is 0 Å². The molecular weight excluding hydrogens is 360 g/mol. The summed E-state index contributed by atoms with van der Waals surface area (Å²) in [7, 11) is 1.61. The molecule has 146 valence electrons. The van der Waals surface area contributed by atoms with Gasteiger partial charge in [0, 0.05) is 38.4 Å². The van der Waals surface area contributed by atoms with Crippen LogP contribution in [0.25, 0.3) is 11.2 Å². The third-order valence-corrected chi connectivity index (χ3v) is 4.79. The van der Waals surface area contributed by atoms with E-state index in [9.17, 15) is 4.79 Å². The van der Waals surface area contributed by atoms with Crippen molar-refractivity contribution in [2.45, 2.75) is 13.5 Å². The Bertz CT molecular complexity index is 963. The van der Waals surface area contributed by atoms with E-state index in [1.807, 2.05) is 31.2 Å². The van der Waals surface area contributed by atoms with E-state index in [2.05, 4.69) is 30.5 Å². The first-order valence-electron chi connectivity index (χ1n) is 9.18. The highest BCUT2D eigenvalue weighted by Gasteiger charge is 2.24. The lowest BCUT2D eigenvalue weighted by Gasteiger charge is -2.35. The zero-order valence-electron chi connectivity index (χ0n) is 15.9. The lowest BCUT2D eigenvalue weighted by Crippen LogP contribution is -2.50. The number of nitrogens with zero attached hydrogens (tertiary/aromatic N) is 7. The molecular formula is C18H22N8O2. The van der Waals surface area contributed by atoms with Gasteiger partial charge in [0.25, 0.3) is 0 Å². The molecule has 1 aliphatic heterocycles. The number of anilines is 2. The topological polar surface area (TPSA) is 101 Å². The molecule has 0 saturated carbocycles. The van der Waals surface area contributed by atoms with Gasteiger partial charge in [0.1, 0.15) is 12.1 Å². The Balaban J connectivity index is 1.40. The molecule has 28 heavy (non-hydrogen) atoms. The monoisotopic (exact) mass is 382 g/mol. The molecule has 4 rings (SSSR count). The number of fused-ring (bicyclic) bond motifs is 1. The fourth-order valence-electron chi connectivity index (χ4n) is 3.22. The number of piperazine rings is 1. The zero-order chi connectivity index (χ0) is 19.5. The first-order valence-corrected chi connectivity index (χ1v) is 9.18. The van der Waals surface area contributed by atoms with E-state index in [1.54, 1.807) is 16.7 Å². The minimum atomic E-state index is -0.116. The molecule has 0 unspecified atom stereocenters. The van der Waals surface area contributed by atoms with Crippen LogP contribution in [0.3, 0.4) is 0 Å². The first kappa shape index (κ1) is 18.0. The van der Waals surface area contributed by atoms with E-state index >= 15 is 0 Å². The van der Waals surface area contributed by atoms with E-state index in [4.69, 9.17) is 4.74 Å². The molecule has 1 N–H and O–H groups in total. The molecule has 2 aromatic heterocycles. The SMILES string of the molecule is CCn1nnc2c(N3CCN(C(=O)Nc4ccc(OC)cc4)CC3)ncnc21. The van der Waals surface area contributed by atoms with Crippen molar-refractivity contribution in [1.29, 1.82) is 0 Å². The number of hydrogen-bond donors (Lipinski definition) is 1. The van der Waals surface area contributed by atoms with E-state index in [0.717, 1.165) is 22.9 Å². The van der Waals surface area contributed by atoms with E-state index < -0.39 is 0 Å². The summed E-state index contributed by atoms with van der Waals surface area (Å²) >= 11 is 0. The fraction of sp³-hybridized carbons (Fsp3) is 0.389. The number of hydrogen-bond acceptors (Lipinski definition) is 7. The van der Waals surface area contributed by atoms with Crippen LogP contribution in [0.4, 0.5) is 16.3 Å². The Morgan fingerprint density at radius 2 is 1.89 bits per heavy atom. The minimum absolute atomic E-state index is 0.116. The van der Waals surface area contributed by atoms with Crippen LogP contribution in [-0.4, -0.2) is 69.2 Å². The molecule has 0 aliphatic carbocycles. The second kappa shape index (κ2) is 7.67. The molecule has 10 nitrogen and oxygen atoms in total. The van der Waals surface area contributed by atoms with Crippen LogP contribution in [0, 0.1) is 0 Å². The van der Waals surface area contributed by atoms with Gasteiger partial charge < -0.3 is 19.9 Å². The van der Waals surface area contributed by atoms with Crippen LogP contribution in [0.5, 0.6) is 5.75 Å². The maximum atomic E-state index is 12.5. The van der Waals surface area contributed by atoms with Crippen molar-refractivity contribution < 1.29 is 9.53 Å². The van der Waals surface area contributed by atoms with Crippen LogP contribution in [0.15, 0.2) is 30.6 Å². The molecule has 0 bridgehead atoms. The number of nitrogens with one attached hydrogen (secondary N) is 1. The lowest BCUT2D eigenvalue weighted by molar-refractivity contribution is 0.208. The Morgan fingerprint density at radius 3 is 2.57 bits per heavy atom. The number of aromatic nitrogens is 5. The van der Waals surface area contributed by atoms with Crippen molar-refractivity contribution >= 4 is 28.7 Å². The Morgan fingerprint density at radius 1 is 1.14 bits per heavy atom. The van der Waals surface area contributed by atoms with Gasteiger partial charge in [-0.2, -0.15) is 0 Å². The average Bonchev–Trinajstić information content (AvgIpc) is 3.18. The molecule has 2 amide bonds. The van der Waals surface area contributed by atoms with Gasteiger partial charge in [-0.1, -0.05) is 5.21 Å². The van der Waals surface area contributed by atoms with Crippen molar-refractivity contribution in [2.75, 3.05) is 43.5 Å². The molecule has 1 saturated heterocycles. The fourth-order valence-corrected chi connectivity index (χ4v) is 3.22. The van der Waals surface area contributed by atoms with Crippen LogP contribution < -0.4 is 15.0 Å². The molecule has 1 fully saturated rings. The maximum Gasteiger partial charge on any atom is 0.321 e. The van der Waals surface area contributed by atoms with Crippen LogP contribution in [0.2, 0.25) is 0 Å². The zero-order valence-corrected chi connectivity index (χ0v) is 15.9. The third kappa shape index (κ3) is 3.40. The number of rotatable bonds is 4. The standard InChI is InChI=1S/C18H22N8O2/c1-3-26-17-15(22-23-26)16(19-12-20-17)24-8-10-25(11-9-24)18(27)21-13-4-6-14(28-2)7-5-13/h4-7,12H,3,8-11H2,1-2H3,(H,21,27). The molecule has 10 heteroatoms. The van der Waals surface area contributed by atoms with Crippen molar-refractivity contribution in [3.05, 3.63) is 30.6 Å². The predicted molar refractivity (Wildman–Crippen MR) is 105 cm³/mol. The number of amides is 2. The summed E-state index contributed by atoms with van der Waals surface area (Å²) in [6, 6.07) is 7.16. The number of benzene rings is 1. The van der Waals surface area contributed by atoms with E-state index in [1.165, 1.54) is 6.33 Å². The summed E-state index contributed by atoms with van der Waals surface area (Å²) in [6.07, 6.45) is 1.54. The van der Waals surface area contributed by atoms with Crippen LogP contribution in [-0.2, 0) is 6.54 Å². The largest absolute Gasteiger partial charge is 0.497 e. The number of carbonyl (C=O) groups is 1. The van der Waals surface area contributed by atoms with Gasteiger partial charge in [0.2, 0.25) is 0 Å². The summed E-state index contributed by atoms with van der Waals surface area (Å²) in [5.74, 6) is 1.52. The highest BCUT2D eigenvalue weighted by atomic mass is 16.5. The minimum Gasteiger partial charge on any atom is -0.497 e. The Labute approximate surface area is 162 Å². The Kier molecular flexibility index (Phi) is 4.92. The van der Waals surface area contributed by atoms with Gasteiger partial charge in [-0.15, -0.1) is 5.10 Å². The smallest absolute Gasteiger partial charge is 0.321 e. The van der Waals surface area contributed by atoms with Gasteiger partial charge >= 0.3 is 6.03 Å². The molecule has 1 aliphatic rings. The van der Waals surface area contributed by atoms with Crippen molar-refractivity contribution in [3.63, 3.8) is 0 Å². The number of carbonyl (C=O) groups excluding carboxylic acids is 1. The number of urea groups is 1. The predicted octanol–water partition coefficient (Wildman–Crippen LogP) is 1.60. The highest BCUT2D eigenvalue weighted by molar-refractivity contribution is 5.89. The molecule has 3 aromatic rings. The summed E-state index contributed by atoms with van der Waals surface area (Å²) in [5.41, 5.74) is 2.16. The lowest BCUT2D eigenvalue weighted by atomic mass is 10.3. The van der Waals surface area contributed by atoms with Gasteiger partial charge in [-0.05, 0) is 31.2 Å². The summed E-state index contributed by atoms with van der Waals surface area (Å²) in [4.78, 5) is 25.1. The molecule has 1 aromatic carbocycles. The second-order valence-electron chi connectivity index (χ2n) is 6.41. The quantitative estimate of drug-likeness (QED) is 0.731. The van der Waals surface area contributed by atoms with Gasteiger partial charge in [-0.3, -0.25) is 0 Å². The maximum absolute atomic E-state index is 12.5. The van der Waals surface area contributed by atoms with Gasteiger partial charge in [0.05, 0.1) is 7.11 Å². The van der Waals surface area contributed by atoms with Gasteiger partial charge in [0.15, 0.2) is 17.0 Å². The number of methoxy groups -OCH3 is 1. The summed E-state index contributed by atoms with van der Waals surface area (Å²) in [6.45, 7) is 5.22. The van der Waals surface area contributed by atoms with E-state index in [0.29, 0.717) is 38.2 Å². The highest BCUT2D eigenvalue weighted by Crippen LogP contribution is 2.22. The van der Waals surface area contributed by atoms with E-state index in [-0.39, 0.29) is 6.03 Å². The average molecular weight is 382 g/mol. The van der Waals surface area contributed by atoms with Crippen molar-refractivity contribution in [3.8, 4) is 5.75 Å². The van der Waals surface area contributed by atoms with Crippen LogP contribution >= 0.6 is 0 Å². The first-order chi connectivity index (χ1) is 13.7. The number of ether oxygens (including phenoxy) is 1. The van der Waals surface area contributed by atoms with Crippen LogP contribution in [0.1, 0.15) is 6.92 Å². The Hall–Kier alpha value is -3.43. The molecule has 0 radical (unpaired) electrons. The normalized spacial score (nSPS) is 14.4.